The molecule has 0 bridgehead atoms. The van der Waals surface area contributed by atoms with Crippen LogP contribution in [0, 0.1) is 11.6 Å². The van der Waals surface area contributed by atoms with Gasteiger partial charge < -0.3 is 5.32 Å². The van der Waals surface area contributed by atoms with Crippen molar-refractivity contribution in [3.63, 3.8) is 0 Å². The number of fused-ring (bicyclic) bond motifs is 1. The second-order valence-corrected chi connectivity index (χ2v) is 6.95. The molecule has 0 fully saturated rings. The summed E-state index contributed by atoms with van der Waals surface area (Å²) in [6.45, 7) is 2.32. The Balaban J connectivity index is 1.55. The highest BCUT2D eigenvalue weighted by atomic mass is 19.1. The van der Waals surface area contributed by atoms with Crippen molar-refractivity contribution >= 4 is 16.8 Å². The fourth-order valence-electron chi connectivity index (χ4n) is 3.22. The third-order valence-corrected chi connectivity index (χ3v) is 4.87. The molecule has 1 amide bonds. The van der Waals surface area contributed by atoms with Crippen molar-refractivity contribution in [2.24, 2.45) is 0 Å². The van der Waals surface area contributed by atoms with Crippen LogP contribution < -0.4 is 5.32 Å². The monoisotopic (exact) mass is 391 g/mol. The molecule has 29 heavy (non-hydrogen) atoms. The van der Waals surface area contributed by atoms with Crippen molar-refractivity contribution in [2.75, 3.05) is 0 Å². The third-order valence-electron chi connectivity index (χ3n) is 4.87. The first-order valence-corrected chi connectivity index (χ1v) is 9.26. The van der Waals surface area contributed by atoms with Gasteiger partial charge in [0.2, 0.25) is 0 Å². The lowest BCUT2D eigenvalue weighted by Crippen LogP contribution is -2.26. The number of hydrogen-bond acceptors (Lipinski definition) is 2. The molecule has 4 nitrogen and oxygen atoms in total. The maximum Gasteiger partial charge on any atom is 0.251 e. The van der Waals surface area contributed by atoms with Crippen LogP contribution in [-0.2, 0) is 6.54 Å². The van der Waals surface area contributed by atoms with Gasteiger partial charge in [-0.15, -0.1) is 0 Å². The molecule has 1 N–H and O–H groups in total. The molecule has 1 atom stereocenters. The van der Waals surface area contributed by atoms with Crippen LogP contribution in [0.3, 0.4) is 0 Å². The van der Waals surface area contributed by atoms with Gasteiger partial charge in [0.05, 0.1) is 24.3 Å². The molecule has 4 aromatic rings. The quantitative estimate of drug-likeness (QED) is 0.528. The third kappa shape index (κ3) is 4.16. The van der Waals surface area contributed by atoms with Crippen LogP contribution in [0.15, 0.2) is 72.9 Å². The lowest BCUT2D eigenvalue weighted by molar-refractivity contribution is 0.0940. The average Bonchev–Trinajstić information content (AvgIpc) is 3.12. The van der Waals surface area contributed by atoms with Crippen LogP contribution in [-0.4, -0.2) is 15.7 Å². The van der Waals surface area contributed by atoms with Crippen molar-refractivity contribution in [3.05, 3.63) is 101 Å². The van der Waals surface area contributed by atoms with Gasteiger partial charge in [-0.3, -0.25) is 9.48 Å². The summed E-state index contributed by atoms with van der Waals surface area (Å²) in [5.74, 6) is -0.821. The molecular weight excluding hydrogens is 372 g/mol. The minimum Gasteiger partial charge on any atom is -0.346 e. The Kier molecular flexibility index (Phi) is 5.08. The first-order valence-electron chi connectivity index (χ1n) is 9.26. The van der Waals surface area contributed by atoms with Gasteiger partial charge in [0.15, 0.2) is 0 Å². The van der Waals surface area contributed by atoms with Crippen molar-refractivity contribution in [3.8, 4) is 0 Å². The largest absolute Gasteiger partial charge is 0.346 e. The summed E-state index contributed by atoms with van der Waals surface area (Å²) in [4.78, 5) is 12.7. The predicted octanol–water partition coefficient (Wildman–Crippen LogP) is 4.85. The average molecular weight is 391 g/mol. The van der Waals surface area contributed by atoms with E-state index in [1.807, 2.05) is 13.0 Å². The van der Waals surface area contributed by atoms with Gasteiger partial charge in [-0.1, -0.05) is 30.3 Å². The molecule has 0 aliphatic rings. The number of amides is 1. The van der Waals surface area contributed by atoms with E-state index in [9.17, 15) is 13.6 Å². The van der Waals surface area contributed by atoms with Crippen molar-refractivity contribution in [1.82, 2.24) is 15.1 Å². The van der Waals surface area contributed by atoms with E-state index >= 15 is 0 Å². The van der Waals surface area contributed by atoms with Gasteiger partial charge >= 0.3 is 0 Å². The number of halogens is 2. The molecule has 4 rings (SSSR count). The minimum absolute atomic E-state index is 0.224. The van der Waals surface area contributed by atoms with Crippen LogP contribution in [0.4, 0.5) is 8.78 Å². The number of carbonyl (C=O) groups is 1. The van der Waals surface area contributed by atoms with E-state index in [4.69, 9.17) is 0 Å². The summed E-state index contributed by atoms with van der Waals surface area (Å²) in [6, 6.07) is 17.4. The Labute approximate surface area is 166 Å². The summed E-state index contributed by atoms with van der Waals surface area (Å²) in [6.07, 6.45) is 1.74. The Hall–Kier alpha value is -3.54. The van der Waals surface area contributed by atoms with Crippen LogP contribution in [0.25, 0.3) is 10.9 Å². The highest BCUT2D eigenvalue weighted by molar-refractivity contribution is 5.98. The fraction of sp³-hybridized carbons (Fsp3) is 0.130. The maximum atomic E-state index is 13.1. The van der Waals surface area contributed by atoms with E-state index in [-0.39, 0.29) is 23.6 Å². The highest BCUT2D eigenvalue weighted by Gasteiger charge is 2.13. The van der Waals surface area contributed by atoms with E-state index in [0.29, 0.717) is 12.1 Å². The Morgan fingerprint density at radius 2 is 1.66 bits per heavy atom. The number of rotatable bonds is 5. The topological polar surface area (TPSA) is 46.9 Å². The van der Waals surface area contributed by atoms with E-state index in [1.165, 1.54) is 24.3 Å². The molecule has 6 heteroatoms. The van der Waals surface area contributed by atoms with Crippen molar-refractivity contribution in [2.45, 2.75) is 19.5 Å². The summed E-state index contributed by atoms with van der Waals surface area (Å²) in [5, 5.41) is 8.23. The molecule has 0 unspecified atom stereocenters. The van der Waals surface area contributed by atoms with Gasteiger partial charge in [0, 0.05) is 10.9 Å². The second-order valence-electron chi connectivity index (χ2n) is 6.95. The summed E-state index contributed by atoms with van der Waals surface area (Å²) >= 11 is 0. The zero-order valence-electron chi connectivity index (χ0n) is 15.8. The summed E-state index contributed by atoms with van der Waals surface area (Å²) in [5.41, 5.74) is 3.06. The summed E-state index contributed by atoms with van der Waals surface area (Å²) in [7, 11) is 0. The maximum absolute atomic E-state index is 13.1. The highest BCUT2D eigenvalue weighted by Crippen LogP contribution is 2.19. The van der Waals surface area contributed by atoms with Crippen molar-refractivity contribution in [1.29, 1.82) is 0 Å². The van der Waals surface area contributed by atoms with Gasteiger partial charge in [0.1, 0.15) is 11.6 Å². The molecule has 0 aliphatic heterocycles. The number of hydrogen-bond donors (Lipinski definition) is 1. The number of benzene rings is 3. The SMILES string of the molecule is C[C@@H](NC(=O)c1ccc2cnn(Cc3ccc(F)cc3)c2c1)c1ccc(F)cc1. The normalized spacial score (nSPS) is 12.1. The van der Waals surface area contributed by atoms with E-state index in [0.717, 1.165) is 22.0 Å². The van der Waals surface area contributed by atoms with Crippen LogP contribution >= 0.6 is 0 Å². The van der Waals surface area contributed by atoms with Gasteiger partial charge in [-0.25, -0.2) is 8.78 Å². The standard InChI is InChI=1S/C23H19F2N3O/c1-15(17-6-10-21(25)11-7-17)27-23(29)18-4-5-19-13-26-28(22(19)12-18)14-16-2-8-20(24)9-3-16/h2-13,15H,14H2,1H3,(H,27,29)/t15-/m1/s1. The van der Waals surface area contributed by atoms with Gasteiger partial charge in [-0.05, 0) is 54.4 Å². The molecule has 1 aromatic heterocycles. The van der Waals surface area contributed by atoms with E-state index in [2.05, 4.69) is 10.4 Å². The molecule has 0 aliphatic carbocycles. The first kappa shape index (κ1) is 18.8. The smallest absolute Gasteiger partial charge is 0.251 e. The lowest BCUT2D eigenvalue weighted by atomic mass is 10.1. The molecule has 1 heterocycles. The molecule has 0 saturated carbocycles. The van der Waals surface area contributed by atoms with Crippen LogP contribution in [0.5, 0.6) is 0 Å². The van der Waals surface area contributed by atoms with Crippen LogP contribution in [0.2, 0.25) is 0 Å². The fourth-order valence-corrected chi connectivity index (χ4v) is 3.22. The number of nitrogens with zero attached hydrogens (tertiary/aromatic N) is 2. The Morgan fingerprint density at radius 3 is 2.34 bits per heavy atom. The lowest BCUT2D eigenvalue weighted by Gasteiger charge is -2.14. The minimum atomic E-state index is -0.313. The van der Waals surface area contributed by atoms with E-state index < -0.39 is 0 Å². The molecule has 0 spiro atoms. The zero-order chi connectivity index (χ0) is 20.4. The predicted molar refractivity (Wildman–Crippen MR) is 108 cm³/mol. The Morgan fingerprint density at radius 1 is 1.00 bits per heavy atom. The molecule has 3 aromatic carbocycles. The van der Waals surface area contributed by atoms with Crippen LogP contribution in [0.1, 0.15) is 34.5 Å². The molecule has 0 saturated heterocycles. The van der Waals surface area contributed by atoms with Gasteiger partial charge in [-0.2, -0.15) is 5.10 Å². The zero-order valence-corrected chi connectivity index (χ0v) is 15.8. The summed E-state index contributed by atoms with van der Waals surface area (Å²) < 4.78 is 28.0. The second kappa shape index (κ2) is 7.83. The van der Waals surface area contributed by atoms with E-state index in [1.54, 1.807) is 47.3 Å². The number of carbonyl (C=O) groups excluding carboxylic acids is 1. The Bertz CT molecular complexity index is 1150. The first-order chi connectivity index (χ1) is 14.0. The molecule has 0 radical (unpaired) electrons. The number of nitrogens with one attached hydrogen (secondary N) is 1. The van der Waals surface area contributed by atoms with Crippen molar-refractivity contribution < 1.29 is 13.6 Å². The molecular formula is C23H19F2N3O. The number of aromatic nitrogens is 2. The van der Waals surface area contributed by atoms with Gasteiger partial charge in [0.25, 0.3) is 5.91 Å². The molecule has 146 valence electrons.